The minimum Gasteiger partial charge on any atom is -0.479 e. The Bertz CT molecular complexity index is 1360. The van der Waals surface area contributed by atoms with Gasteiger partial charge < -0.3 is 14.2 Å². The molecule has 1 aliphatic heterocycles. The number of amidine groups is 1. The lowest BCUT2D eigenvalue weighted by Gasteiger charge is -2.26. The molecule has 166 valence electrons. The van der Waals surface area contributed by atoms with Gasteiger partial charge in [-0.3, -0.25) is 5.41 Å². The zero-order valence-corrected chi connectivity index (χ0v) is 19.1. The van der Waals surface area contributed by atoms with Crippen LogP contribution in [0.25, 0.3) is 17.1 Å². The molecule has 0 spiro atoms. The Kier molecular flexibility index (Phi) is 5.12. The normalized spacial score (nSPS) is 15.1. The van der Waals surface area contributed by atoms with Crippen LogP contribution in [0, 0.1) is 19.3 Å². The highest BCUT2D eigenvalue weighted by atomic mass is 16.5. The highest BCUT2D eigenvalue weighted by molar-refractivity contribution is 6.12. The zero-order valence-electron chi connectivity index (χ0n) is 19.1. The topological polar surface area (TPSA) is 92.8 Å². The second-order valence-corrected chi connectivity index (χ2v) is 8.11. The molecule has 1 atom stereocenters. The summed E-state index contributed by atoms with van der Waals surface area (Å²) in [6.45, 7) is 6.06. The van der Waals surface area contributed by atoms with Crippen molar-refractivity contribution in [3.8, 4) is 23.0 Å². The van der Waals surface area contributed by atoms with E-state index < -0.39 is 0 Å². The van der Waals surface area contributed by atoms with Crippen LogP contribution in [-0.4, -0.2) is 37.7 Å². The van der Waals surface area contributed by atoms with Crippen molar-refractivity contribution in [3.63, 3.8) is 0 Å². The summed E-state index contributed by atoms with van der Waals surface area (Å²) in [4.78, 5) is 10.9. The van der Waals surface area contributed by atoms with E-state index in [-0.39, 0.29) is 6.04 Å². The van der Waals surface area contributed by atoms with Crippen molar-refractivity contribution >= 4 is 11.7 Å². The Morgan fingerprint density at radius 1 is 1.06 bits per heavy atom. The average molecular weight is 440 g/mol. The number of anilines is 1. The molecule has 1 aromatic carbocycles. The Morgan fingerprint density at radius 2 is 1.88 bits per heavy atom. The monoisotopic (exact) mass is 439 g/mol. The van der Waals surface area contributed by atoms with Gasteiger partial charge in [0.2, 0.25) is 5.88 Å². The van der Waals surface area contributed by atoms with Crippen molar-refractivity contribution < 1.29 is 4.74 Å². The number of aryl methyl sites for hydroxylation is 2. The van der Waals surface area contributed by atoms with Gasteiger partial charge in [0.05, 0.1) is 30.9 Å². The Morgan fingerprint density at radius 3 is 2.58 bits per heavy atom. The summed E-state index contributed by atoms with van der Waals surface area (Å²) in [7, 11) is 1.60. The minimum absolute atomic E-state index is 0.0729. The molecule has 5 rings (SSSR count). The van der Waals surface area contributed by atoms with Crippen molar-refractivity contribution in [2.75, 3.05) is 12.0 Å². The van der Waals surface area contributed by atoms with Gasteiger partial charge in [0.15, 0.2) is 5.82 Å². The SMILES string of the molecule is CC[C@H]1c2ccccc2C(=N)N1c1nnc(-c2ccc(-n3cnc(C)c3)c(OC)n2)cc1C. The molecule has 0 unspecified atom stereocenters. The summed E-state index contributed by atoms with van der Waals surface area (Å²) in [5.74, 6) is 1.64. The molecule has 0 amide bonds. The van der Waals surface area contributed by atoms with Gasteiger partial charge in [-0.2, -0.15) is 0 Å². The molecule has 33 heavy (non-hydrogen) atoms. The number of nitrogens with one attached hydrogen (secondary N) is 1. The molecule has 8 heteroatoms. The fourth-order valence-electron chi connectivity index (χ4n) is 4.40. The molecule has 4 aromatic rings. The predicted molar refractivity (Wildman–Crippen MR) is 127 cm³/mol. The Labute approximate surface area is 192 Å². The van der Waals surface area contributed by atoms with Gasteiger partial charge in [-0.15, -0.1) is 10.2 Å². The fourth-order valence-corrected chi connectivity index (χ4v) is 4.40. The lowest BCUT2D eigenvalue weighted by molar-refractivity contribution is 0.396. The van der Waals surface area contributed by atoms with Crippen LogP contribution in [0.1, 0.15) is 41.8 Å². The molecule has 4 heterocycles. The molecule has 0 saturated carbocycles. The van der Waals surface area contributed by atoms with E-state index in [0.29, 0.717) is 28.9 Å². The van der Waals surface area contributed by atoms with Crippen LogP contribution >= 0.6 is 0 Å². The summed E-state index contributed by atoms with van der Waals surface area (Å²) < 4.78 is 7.42. The van der Waals surface area contributed by atoms with E-state index in [1.807, 2.05) is 65.9 Å². The summed E-state index contributed by atoms with van der Waals surface area (Å²) in [5, 5.41) is 17.8. The van der Waals surface area contributed by atoms with E-state index in [1.54, 1.807) is 13.4 Å². The maximum atomic E-state index is 8.76. The third kappa shape index (κ3) is 3.44. The highest BCUT2D eigenvalue weighted by Gasteiger charge is 2.35. The molecule has 3 aromatic heterocycles. The second-order valence-electron chi connectivity index (χ2n) is 8.11. The minimum atomic E-state index is 0.0729. The van der Waals surface area contributed by atoms with Crippen molar-refractivity contribution in [1.29, 1.82) is 5.41 Å². The van der Waals surface area contributed by atoms with Crippen LogP contribution in [0.15, 0.2) is 55.0 Å². The van der Waals surface area contributed by atoms with Crippen LogP contribution in [-0.2, 0) is 0 Å². The van der Waals surface area contributed by atoms with Gasteiger partial charge in [0.25, 0.3) is 0 Å². The van der Waals surface area contributed by atoms with Gasteiger partial charge in [0, 0.05) is 11.8 Å². The number of rotatable bonds is 5. The predicted octanol–water partition coefficient (Wildman–Crippen LogP) is 4.65. The first-order chi connectivity index (χ1) is 16.0. The van der Waals surface area contributed by atoms with Gasteiger partial charge in [-0.25, -0.2) is 9.97 Å². The second kappa shape index (κ2) is 8.12. The fraction of sp³-hybridized carbons (Fsp3) is 0.240. The van der Waals surface area contributed by atoms with E-state index in [0.717, 1.165) is 34.5 Å². The largest absolute Gasteiger partial charge is 0.479 e. The molecule has 0 bridgehead atoms. The summed E-state index contributed by atoms with van der Waals surface area (Å²) in [6, 6.07) is 14.0. The van der Waals surface area contributed by atoms with E-state index in [4.69, 9.17) is 10.1 Å². The molecule has 0 fully saturated rings. The number of hydrogen-bond donors (Lipinski definition) is 1. The van der Waals surface area contributed by atoms with E-state index in [1.165, 1.54) is 0 Å². The zero-order chi connectivity index (χ0) is 23.1. The smallest absolute Gasteiger partial charge is 0.238 e. The average Bonchev–Trinajstić information content (AvgIpc) is 3.39. The van der Waals surface area contributed by atoms with Crippen molar-refractivity contribution in [1.82, 2.24) is 24.7 Å². The number of nitrogens with zero attached hydrogens (tertiary/aromatic N) is 6. The van der Waals surface area contributed by atoms with E-state index in [9.17, 15) is 0 Å². The lowest BCUT2D eigenvalue weighted by Crippen LogP contribution is -2.29. The molecule has 1 N–H and O–H groups in total. The van der Waals surface area contributed by atoms with Gasteiger partial charge in [-0.05, 0) is 49.6 Å². The molecule has 1 aliphatic rings. The van der Waals surface area contributed by atoms with Crippen LogP contribution < -0.4 is 9.64 Å². The van der Waals surface area contributed by atoms with Gasteiger partial charge in [0.1, 0.15) is 17.2 Å². The van der Waals surface area contributed by atoms with Crippen LogP contribution in [0.4, 0.5) is 5.82 Å². The van der Waals surface area contributed by atoms with Crippen molar-refractivity contribution in [2.24, 2.45) is 0 Å². The Hall–Kier alpha value is -4.07. The lowest BCUT2D eigenvalue weighted by atomic mass is 10.0. The number of hydrogen-bond acceptors (Lipinski definition) is 6. The molecular weight excluding hydrogens is 414 g/mol. The van der Waals surface area contributed by atoms with E-state index >= 15 is 0 Å². The van der Waals surface area contributed by atoms with Crippen LogP contribution in [0.5, 0.6) is 5.88 Å². The van der Waals surface area contributed by atoms with Gasteiger partial charge in [-0.1, -0.05) is 31.2 Å². The van der Waals surface area contributed by atoms with Crippen LogP contribution in [0.3, 0.4) is 0 Å². The maximum Gasteiger partial charge on any atom is 0.238 e. The first kappa shape index (κ1) is 20.8. The highest BCUT2D eigenvalue weighted by Crippen LogP contribution is 2.39. The third-order valence-electron chi connectivity index (χ3n) is 5.99. The number of imidazole rings is 1. The summed E-state index contributed by atoms with van der Waals surface area (Å²) in [6.07, 6.45) is 4.53. The number of ether oxygens (including phenoxy) is 1. The molecule has 8 nitrogen and oxygen atoms in total. The molecule has 0 aliphatic carbocycles. The van der Waals surface area contributed by atoms with Crippen molar-refractivity contribution in [2.45, 2.75) is 33.2 Å². The summed E-state index contributed by atoms with van der Waals surface area (Å²) >= 11 is 0. The summed E-state index contributed by atoms with van der Waals surface area (Å²) in [5.41, 5.74) is 6.08. The third-order valence-corrected chi connectivity index (χ3v) is 5.99. The molecule has 0 saturated heterocycles. The van der Waals surface area contributed by atoms with Crippen molar-refractivity contribution in [3.05, 3.63) is 77.4 Å². The standard InChI is InChI=1S/C25H25N7O/c1-5-21-17-8-6-7-9-18(17)23(26)32(21)24-15(2)12-20(29-30-24)19-10-11-22(25(28-19)33-4)31-13-16(3)27-14-31/h6-14,21,26H,5H2,1-4H3/t21-/m0/s1. The maximum absolute atomic E-state index is 8.76. The number of pyridine rings is 1. The number of aromatic nitrogens is 5. The molecule has 0 radical (unpaired) electrons. The first-order valence-corrected chi connectivity index (χ1v) is 10.9. The first-order valence-electron chi connectivity index (χ1n) is 10.9. The number of methoxy groups -OCH3 is 1. The number of benzene rings is 1. The Balaban J connectivity index is 1.51. The molecular formula is C25H25N7O. The number of fused-ring (bicyclic) bond motifs is 1. The van der Waals surface area contributed by atoms with Gasteiger partial charge >= 0.3 is 0 Å². The van der Waals surface area contributed by atoms with Crippen LogP contribution in [0.2, 0.25) is 0 Å². The van der Waals surface area contributed by atoms with E-state index in [2.05, 4.69) is 33.2 Å². The quantitative estimate of drug-likeness (QED) is 0.487.